The minimum atomic E-state index is -3.71. The molecular weight excluding hydrogens is 314 g/mol. The maximum atomic E-state index is 12.4. The molecule has 1 saturated heterocycles. The summed E-state index contributed by atoms with van der Waals surface area (Å²) < 4.78 is 28.4. The third-order valence-corrected chi connectivity index (χ3v) is 7.44. The van der Waals surface area contributed by atoms with E-state index in [4.69, 9.17) is 0 Å². The predicted octanol–water partition coefficient (Wildman–Crippen LogP) is 2.52. The zero-order chi connectivity index (χ0) is 16.3. The number of carbonyl (C=O) groups excluding carboxylic acids is 1. The molecule has 6 nitrogen and oxygen atoms in total. The number of nitrogens with zero attached hydrogens (tertiary/aromatic N) is 1. The molecule has 1 heterocycles. The zero-order valence-electron chi connectivity index (χ0n) is 13.8. The summed E-state index contributed by atoms with van der Waals surface area (Å²) in [4.78, 5) is 11.9. The van der Waals surface area contributed by atoms with Crippen molar-refractivity contribution in [2.45, 2.75) is 76.7 Å². The molecule has 2 saturated carbocycles. The van der Waals surface area contributed by atoms with E-state index in [-0.39, 0.29) is 6.04 Å². The Morgan fingerprint density at radius 1 is 0.913 bits per heavy atom. The van der Waals surface area contributed by atoms with E-state index in [1.807, 2.05) is 0 Å². The molecule has 1 spiro atoms. The van der Waals surface area contributed by atoms with Gasteiger partial charge < -0.3 is 5.32 Å². The van der Waals surface area contributed by atoms with Crippen LogP contribution in [0.1, 0.15) is 70.6 Å². The zero-order valence-corrected chi connectivity index (χ0v) is 14.7. The van der Waals surface area contributed by atoms with Crippen molar-refractivity contribution in [3.8, 4) is 0 Å². The Bertz CT molecular complexity index is 513. The first kappa shape index (κ1) is 17.0. The lowest BCUT2D eigenvalue weighted by atomic mass is 9.68. The van der Waals surface area contributed by atoms with Crippen LogP contribution in [0.25, 0.3) is 0 Å². The molecule has 0 aromatic rings. The molecule has 3 aliphatic rings. The second-order valence-electron chi connectivity index (χ2n) is 7.52. The summed E-state index contributed by atoms with van der Waals surface area (Å²) in [7, 11) is -3.71. The van der Waals surface area contributed by atoms with Crippen LogP contribution in [-0.2, 0) is 10.2 Å². The predicted molar refractivity (Wildman–Crippen MR) is 89.2 cm³/mol. The molecule has 1 aliphatic heterocycles. The van der Waals surface area contributed by atoms with Crippen molar-refractivity contribution >= 4 is 16.2 Å². The molecule has 0 radical (unpaired) electrons. The lowest BCUT2D eigenvalue weighted by Gasteiger charge is -2.43. The Kier molecular flexibility index (Phi) is 5.16. The minimum Gasteiger partial charge on any atom is -0.335 e. The molecule has 0 bridgehead atoms. The number of urea groups is 1. The van der Waals surface area contributed by atoms with Crippen LogP contribution in [0.2, 0.25) is 0 Å². The van der Waals surface area contributed by atoms with Crippen LogP contribution in [0.3, 0.4) is 0 Å². The number of rotatable bonds is 3. The summed E-state index contributed by atoms with van der Waals surface area (Å²) in [6.45, 7) is 1.07. The van der Waals surface area contributed by atoms with Crippen molar-refractivity contribution in [2.24, 2.45) is 5.41 Å². The number of hydrogen-bond donors (Lipinski definition) is 2. The highest BCUT2D eigenvalue weighted by Crippen LogP contribution is 2.44. The smallest absolute Gasteiger partial charge is 0.329 e. The van der Waals surface area contributed by atoms with E-state index >= 15 is 0 Å². The maximum Gasteiger partial charge on any atom is 0.329 e. The normalized spacial score (nSPS) is 26.3. The van der Waals surface area contributed by atoms with Crippen LogP contribution in [0.4, 0.5) is 4.79 Å². The fourth-order valence-corrected chi connectivity index (χ4v) is 5.55. The van der Waals surface area contributed by atoms with E-state index < -0.39 is 16.2 Å². The molecular formula is C16H29N3O3S. The van der Waals surface area contributed by atoms with E-state index in [0.29, 0.717) is 18.5 Å². The standard InChI is InChI=1S/C16H29N3O3S/c20-15(17-14-6-2-3-7-14)18-23(21,22)19-12-10-16(11-13-19)8-4-1-5-9-16/h14H,1-13H2,(H2,17,18,20). The van der Waals surface area contributed by atoms with Crippen molar-refractivity contribution in [2.75, 3.05) is 13.1 Å². The molecule has 0 unspecified atom stereocenters. The Morgan fingerprint density at radius 3 is 2.13 bits per heavy atom. The highest BCUT2D eigenvalue weighted by molar-refractivity contribution is 7.87. The highest BCUT2D eigenvalue weighted by atomic mass is 32.2. The van der Waals surface area contributed by atoms with E-state index in [0.717, 1.165) is 38.5 Å². The average molecular weight is 343 g/mol. The van der Waals surface area contributed by atoms with Crippen LogP contribution < -0.4 is 10.0 Å². The minimum absolute atomic E-state index is 0.122. The van der Waals surface area contributed by atoms with Gasteiger partial charge in [0.2, 0.25) is 0 Å². The first-order chi connectivity index (χ1) is 11.0. The van der Waals surface area contributed by atoms with E-state index in [9.17, 15) is 13.2 Å². The first-order valence-corrected chi connectivity index (χ1v) is 10.5. The van der Waals surface area contributed by atoms with Gasteiger partial charge in [-0.2, -0.15) is 12.7 Å². The number of piperidine rings is 1. The van der Waals surface area contributed by atoms with Crippen LogP contribution in [-0.4, -0.2) is 37.9 Å². The van der Waals surface area contributed by atoms with Crippen molar-refractivity contribution in [3.63, 3.8) is 0 Å². The monoisotopic (exact) mass is 343 g/mol. The molecule has 0 atom stereocenters. The molecule has 3 rings (SSSR count). The fraction of sp³-hybridized carbons (Fsp3) is 0.938. The molecule has 2 amide bonds. The van der Waals surface area contributed by atoms with Gasteiger partial charge in [-0.15, -0.1) is 0 Å². The number of hydrogen-bond acceptors (Lipinski definition) is 3. The summed E-state index contributed by atoms with van der Waals surface area (Å²) in [5.41, 5.74) is 0.358. The Labute approximate surface area is 139 Å². The topological polar surface area (TPSA) is 78.5 Å². The van der Waals surface area contributed by atoms with Gasteiger partial charge >= 0.3 is 16.2 Å². The van der Waals surface area contributed by atoms with E-state index in [2.05, 4.69) is 10.0 Å². The number of carbonyl (C=O) groups is 1. The summed E-state index contributed by atoms with van der Waals surface area (Å²) in [6.07, 6.45) is 12.3. The molecule has 132 valence electrons. The third kappa shape index (κ3) is 4.18. The summed E-state index contributed by atoms with van der Waals surface area (Å²) in [6, 6.07) is -0.452. The summed E-state index contributed by atoms with van der Waals surface area (Å²) >= 11 is 0. The first-order valence-electron chi connectivity index (χ1n) is 9.08. The van der Waals surface area contributed by atoms with Gasteiger partial charge in [-0.25, -0.2) is 9.52 Å². The lowest BCUT2D eigenvalue weighted by molar-refractivity contribution is 0.102. The number of amides is 2. The Morgan fingerprint density at radius 2 is 1.52 bits per heavy atom. The largest absolute Gasteiger partial charge is 0.335 e. The van der Waals surface area contributed by atoms with Gasteiger partial charge in [0, 0.05) is 19.1 Å². The van der Waals surface area contributed by atoms with Crippen LogP contribution >= 0.6 is 0 Å². The van der Waals surface area contributed by atoms with Crippen molar-refractivity contribution in [3.05, 3.63) is 0 Å². The molecule has 23 heavy (non-hydrogen) atoms. The van der Waals surface area contributed by atoms with Gasteiger partial charge in [0.15, 0.2) is 0 Å². The molecule has 3 fully saturated rings. The third-order valence-electron chi connectivity index (χ3n) is 5.95. The van der Waals surface area contributed by atoms with Gasteiger partial charge in [0.1, 0.15) is 0 Å². The van der Waals surface area contributed by atoms with Crippen LogP contribution in [0.5, 0.6) is 0 Å². The average Bonchev–Trinajstić information content (AvgIpc) is 3.00. The van der Waals surface area contributed by atoms with E-state index in [1.54, 1.807) is 0 Å². The van der Waals surface area contributed by atoms with Crippen molar-refractivity contribution in [1.82, 2.24) is 14.3 Å². The molecule has 0 aromatic heterocycles. The van der Waals surface area contributed by atoms with Crippen molar-refractivity contribution < 1.29 is 13.2 Å². The molecule has 7 heteroatoms. The van der Waals surface area contributed by atoms with E-state index in [1.165, 1.54) is 36.4 Å². The summed E-state index contributed by atoms with van der Waals surface area (Å²) in [5.74, 6) is 0. The van der Waals surface area contributed by atoms with Gasteiger partial charge in [0.25, 0.3) is 0 Å². The SMILES string of the molecule is O=C(NC1CCCC1)NS(=O)(=O)N1CCC2(CCCCC2)CC1. The van der Waals surface area contributed by atoms with Gasteiger partial charge in [-0.3, -0.25) is 0 Å². The molecule has 2 N–H and O–H groups in total. The second kappa shape index (κ2) is 6.97. The Hall–Kier alpha value is -0.820. The Balaban J connectivity index is 1.50. The maximum absolute atomic E-state index is 12.4. The summed E-state index contributed by atoms with van der Waals surface area (Å²) in [5, 5.41) is 2.78. The molecule has 0 aromatic carbocycles. The lowest BCUT2D eigenvalue weighted by Crippen LogP contribution is -2.52. The van der Waals surface area contributed by atoms with Crippen LogP contribution in [0.15, 0.2) is 0 Å². The second-order valence-corrected chi connectivity index (χ2v) is 9.19. The fourth-order valence-electron chi connectivity index (χ4n) is 4.47. The van der Waals surface area contributed by atoms with Crippen molar-refractivity contribution in [1.29, 1.82) is 0 Å². The highest BCUT2D eigenvalue weighted by Gasteiger charge is 2.39. The van der Waals surface area contributed by atoms with Gasteiger partial charge in [-0.1, -0.05) is 32.1 Å². The van der Waals surface area contributed by atoms with Gasteiger partial charge in [-0.05, 0) is 43.9 Å². The number of nitrogens with one attached hydrogen (secondary N) is 2. The molecule has 2 aliphatic carbocycles. The van der Waals surface area contributed by atoms with Crippen LogP contribution in [0, 0.1) is 5.41 Å². The van der Waals surface area contributed by atoms with Gasteiger partial charge in [0.05, 0.1) is 0 Å². The quantitative estimate of drug-likeness (QED) is 0.826.